The third-order valence-corrected chi connectivity index (χ3v) is 5.27. The van der Waals surface area contributed by atoms with Crippen LogP contribution in [-0.4, -0.2) is 20.4 Å². The Balaban J connectivity index is 1.89. The van der Waals surface area contributed by atoms with Gasteiger partial charge in [-0.3, -0.25) is 14.2 Å². The zero-order valence-electron chi connectivity index (χ0n) is 17.5. The number of carbonyl (C=O) groups is 1. The molecule has 32 heavy (non-hydrogen) atoms. The highest BCUT2D eigenvalue weighted by molar-refractivity contribution is 6.35. The molecule has 0 unspecified atom stereocenters. The molecule has 0 fully saturated rings. The number of nitrogens with two attached hydrogens (primary N) is 1. The second-order valence-corrected chi connectivity index (χ2v) is 7.69. The molecule has 4 rings (SSSR count). The minimum atomic E-state index is -0.395. The smallest absolute Gasteiger partial charge is 0.264 e. The Hall–Kier alpha value is -3.91. The summed E-state index contributed by atoms with van der Waals surface area (Å²) in [6.07, 6.45) is 1.43. The van der Waals surface area contributed by atoms with Gasteiger partial charge in [-0.15, -0.1) is 0 Å². The molecule has 4 N–H and O–H groups in total. The number of aromatic nitrogens is 3. The van der Waals surface area contributed by atoms with E-state index in [1.54, 1.807) is 16.7 Å². The number of hydrogen-bond acceptors (Lipinski definition) is 6. The Morgan fingerprint density at radius 1 is 1.16 bits per heavy atom. The first-order chi connectivity index (χ1) is 15.3. The molecule has 0 saturated carbocycles. The van der Waals surface area contributed by atoms with Crippen molar-refractivity contribution in [3.63, 3.8) is 0 Å². The van der Waals surface area contributed by atoms with E-state index in [4.69, 9.17) is 17.3 Å². The van der Waals surface area contributed by atoms with Crippen molar-refractivity contribution in [3.8, 4) is 5.69 Å². The number of hydrogen-bond donors (Lipinski definition) is 3. The molecule has 0 saturated heterocycles. The maximum absolute atomic E-state index is 13.5. The Bertz CT molecular complexity index is 1370. The molecule has 0 aliphatic carbocycles. The van der Waals surface area contributed by atoms with Crippen molar-refractivity contribution in [1.82, 2.24) is 14.5 Å². The first-order valence-corrected chi connectivity index (χ1v) is 10.3. The Morgan fingerprint density at radius 2 is 1.91 bits per heavy atom. The average Bonchev–Trinajstić information content (AvgIpc) is 2.75. The predicted molar refractivity (Wildman–Crippen MR) is 127 cm³/mol. The van der Waals surface area contributed by atoms with Crippen LogP contribution in [0.25, 0.3) is 16.5 Å². The van der Waals surface area contributed by atoms with Crippen LogP contribution in [0.15, 0.2) is 65.6 Å². The molecule has 162 valence electrons. The van der Waals surface area contributed by atoms with E-state index in [9.17, 15) is 9.59 Å². The van der Waals surface area contributed by atoms with E-state index in [2.05, 4.69) is 20.6 Å². The number of nitrogens with one attached hydrogen (secondary N) is 2. The lowest BCUT2D eigenvalue weighted by Gasteiger charge is -2.22. The van der Waals surface area contributed by atoms with Gasteiger partial charge in [0.05, 0.1) is 22.6 Å². The van der Waals surface area contributed by atoms with Crippen LogP contribution in [-0.2, 0) is 4.79 Å². The molecular formula is C23H21ClN6O2. The van der Waals surface area contributed by atoms with E-state index in [-0.39, 0.29) is 17.4 Å². The van der Waals surface area contributed by atoms with Crippen molar-refractivity contribution < 1.29 is 4.79 Å². The average molecular weight is 449 g/mol. The van der Waals surface area contributed by atoms with Gasteiger partial charge in [0, 0.05) is 18.3 Å². The van der Waals surface area contributed by atoms with Crippen molar-refractivity contribution in [2.45, 2.75) is 19.9 Å². The summed E-state index contributed by atoms with van der Waals surface area (Å²) in [6.45, 7) is 3.28. The highest BCUT2D eigenvalue weighted by Crippen LogP contribution is 2.29. The second-order valence-electron chi connectivity index (χ2n) is 7.29. The SMILES string of the molecule is CC(=O)Nc1cnc(N)nc1N[C@@H](C)c1cc2cccc(Cl)c2c(=O)n1-c1ccccc1. The van der Waals surface area contributed by atoms with Gasteiger partial charge in [-0.25, -0.2) is 4.98 Å². The van der Waals surface area contributed by atoms with Crippen LogP contribution in [0.1, 0.15) is 25.6 Å². The summed E-state index contributed by atoms with van der Waals surface area (Å²) in [5, 5.41) is 7.49. The van der Waals surface area contributed by atoms with E-state index in [0.29, 0.717) is 33.3 Å². The topological polar surface area (TPSA) is 115 Å². The second kappa shape index (κ2) is 8.68. The quantitative estimate of drug-likeness (QED) is 0.422. The highest BCUT2D eigenvalue weighted by atomic mass is 35.5. The number of pyridine rings is 1. The Kier molecular flexibility index (Phi) is 5.79. The van der Waals surface area contributed by atoms with E-state index < -0.39 is 6.04 Å². The van der Waals surface area contributed by atoms with Gasteiger partial charge in [-0.2, -0.15) is 4.98 Å². The van der Waals surface area contributed by atoms with Crippen molar-refractivity contribution in [2.24, 2.45) is 0 Å². The van der Waals surface area contributed by atoms with Crippen LogP contribution < -0.4 is 21.9 Å². The van der Waals surface area contributed by atoms with Crippen LogP contribution in [0, 0.1) is 0 Å². The van der Waals surface area contributed by atoms with Crippen LogP contribution >= 0.6 is 11.6 Å². The molecule has 2 heterocycles. The van der Waals surface area contributed by atoms with Crippen molar-refractivity contribution in [1.29, 1.82) is 0 Å². The summed E-state index contributed by atoms with van der Waals surface area (Å²) < 4.78 is 1.62. The van der Waals surface area contributed by atoms with Gasteiger partial charge >= 0.3 is 0 Å². The summed E-state index contributed by atoms with van der Waals surface area (Å²) in [7, 11) is 0. The molecule has 0 radical (unpaired) electrons. The lowest BCUT2D eigenvalue weighted by molar-refractivity contribution is -0.114. The number of anilines is 3. The normalized spacial score (nSPS) is 11.8. The minimum absolute atomic E-state index is 0.0551. The summed E-state index contributed by atoms with van der Waals surface area (Å²) in [4.78, 5) is 33.3. The first-order valence-electron chi connectivity index (χ1n) is 9.91. The third kappa shape index (κ3) is 4.13. The number of carbonyl (C=O) groups excluding carboxylic acids is 1. The summed E-state index contributed by atoms with van der Waals surface area (Å²) in [6, 6.07) is 16.2. The standard InChI is InChI=1S/C23H21ClN6O2/c1-13(27-21-18(28-14(2)31)12-26-23(25)29-21)19-11-15-7-6-10-17(24)20(15)22(32)30(19)16-8-4-3-5-9-16/h3-13H,1-2H3,(H,28,31)(H3,25,26,27,29)/t13-/m0/s1. The maximum atomic E-state index is 13.5. The van der Waals surface area contributed by atoms with Gasteiger partial charge in [-0.1, -0.05) is 41.9 Å². The molecule has 0 aliphatic rings. The number of halogens is 1. The monoisotopic (exact) mass is 448 g/mol. The molecular weight excluding hydrogens is 428 g/mol. The fourth-order valence-electron chi connectivity index (χ4n) is 3.57. The van der Waals surface area contributed by atoms with Crippen LogP contribution in [0.4, 0.5) is 17.5 Å². The molecule has 0 bridgehead atoms. The number of fused-ring (bicyclic) bond motifs is 1. The lowest BCUT2D eigenvalue weighted by atomic mass is 10.1. The van der Waals surface area contributed by atoms with Gasteiger partial charge < -0.3 is 16.4 Å². The highest BCUT2D eigenvalue weighted by Gasteiger charge is 2.19. The van der Waals surface area contributed by atoms with E-state index >= 15 is 0 Å². The molecule has 0 aliphatic heterocycles. The van der Waals surface area contributed by atoms with Gasteiger partial charge in [0.25, 0.3) is 5.56 Å². The number of benzene rings is 2. The zero-order valence-corrected chi connectivity index (χ0v) is 18.2. The van der Waals surface area contributed by atoms with Gasteiger partial charge in [0.15, 0.2) is 5.82 Å². The van der Waals surface area contributed by atoms with Crippen molar-refractivity contribution in [3.05, 3.63) is 81.9 Å². The van der Waals surface area contributed by atoms with Crippen molar-refractivity contribution >= 4 is 45.7 Å². The fourth-order valence-corrected chi connectivity index (χ4v) is 3.83. The minimum Gasteiger partial charge on any atom is -0.368 e. The lowest BCUT2D eigenvalue weighted by Crippen LogP contribution is -2.26. The third-order valence-electron chi connectivity index (χ3n) is 4.95. The number of nitrogen functional groups attached to an aromatic ring is 1. The van der Waals surface area contributed by atoms with Gasteiger partial charge in [0.1, 0.15) is 5.69 Å². The summed E-state index contributed by atoms with van der Waals surface area (Å²) in [5.74, 6) is 0.133. The van der Waals surface area contributed by atoms with Crippen LogP contribution in [0.2, 0.25) is 5.02 Å². The van der Waals surface area contributed by atoms with Crippen LogP contribution in [0.3, 0.4) is 0 Å². The molecule has 8 nitrogen and oxygen atoms in total. The number of amides is 1. The molecule has 2 aromatic carbocycles. The Labute approximate surface area is 189 Å². The zero-order chi connectivity index (χ0) is 22.8. The summed E-state index contributed by atoms with van der Waals surface area (Å²) >= 11 is 6.37. The fraction of sp³-hybridized carbons (Fsp3) is 0.130. The van der Waals surface area contributed by atoms with Crippen LogP contribution in [0.5, 0.6) is 0 Å². The molecule has 1 atom stereocenters. The van der Waals surface area contributed by atoms with E-state index in [1.807, 2.05) is 49.4 Å². The van der Waals surface area contributed by atoms with Gasteiger partial charge in [-0.05, 0) is 36.6 Å². The summed E-state index contributed by atoms with van der Waals surface area (Å²) in [5.41, 5.74) is 7.30. The largest absolute Gasteiger partial charge is 0.368 e. The first kappa shape index (κ1) is 21.3. The molecule has 1 amide bonds. The predicted octanol–water partition coefficient (Wildman–Crippen LogP) is 4.15. The number of para-hydroxylation sites is 1. The van der Waals surface area contributed by atoms with Gasteiger partial charge in [0.2, 0.25) is 11.9 Å². The Morgan fingerprint density at radius 3 is 2.62 bits per heavy atom. The van der Waals surface area contributed by atoms with Crippen molar-refractivity contribution in [2.75, 3.05) is 16.4 Å². The molecule has 9 heteroatoms. The number of nitrogens with zero attached hydrogens (tertiary/aromatic N) is 3. The number of rotatable bonds is 5. The molecule has 4 aromatic rings. The van der Waals surface area contributed by atoms with E-state index in [0.717, 1.165) is 5.39 Å². The van der Waals surface area contributed by atoms with E-state index in [1.165, 1.54) is 13.1 Å². The maximum Gasteiger partial charge on any atom is 0.264 e. The molecule has 2 aromatic heterocycles. The molecule has 0 spiro atoms.